The van der Waals surface area contributed by atoms with Gasteiger partial charge in [-0.1, -0.05) is 12.1 Å². The van der Waals surface area contributed by atoms with E-state index in [0.29, 0.717) is 5.75 Å². The molecule has 0 N–H and O–H groups in total. The van der Waals surface area contributed by atoms with E-state index in [1.54, 1.807) is 18.3 Å². The van der Waals surface area contributed by atoms with Crippen molar-refractivity contribution in [2.45, 2.75) is 19.4 Å². The minimum Gasteiger partial charge on any atom is -0.457 e. The molecule has 0 saturated heterocycles. The van der Waals surface area contributed by atoms with Crippen LogP contribution in [0.3, 0.4) is 0 Å². The van der Waals surface area contributed by atoms with E-state index in [0.717, 1.165) is 25.1 Å². The first-order valence-electron chi connectivity index (χ1n) is 7.29. The van der Waals surface area contributed by atoms with Gasteiger partial charge in [0, 0.05) is 18.9 Å². The summed E-state index contributed by atoms with van der Waals surface area (Å²) in [5.74, 6) is 1.12. The van der Waals surface area contributed by atoms with Gasteiger partial charge in [-0.15, -0.1) is 0 Å². The predicted octanol–water partition coefficient (Wildman–Crippen LogP) is 4.45. The van der Waals surface area contributed by atoms with Gasteiger partial charge in [0.05, 0.1) is 0 Å². The Morgan fingerprint density at radius 1 is 0.955 bits per heavy atom. The molecule has 0 unspecified atom stereocenters. The van der Waals surface area contributed by atoms with Crippen LogP contribution >= 0.6 is 0 Å². The number of aromatic nitrogens is 2. The quantitative estimate of drug-likeness (QED) is 0.672. The molecule has 0 aliphatic carbocycles. The van der Waals surface area contributed by atoms with Crippen LogP contribution in [0.2, 0.25) is 0 Å². The number of hydrogen-bond acceptors (Lipinski definition) is 2. The Morgan fingerprint density at radius 3 is 2.27 bits per heavy atom. The summed E-state index contributed by atoms with van der Waals surface area (Å²) < 4.78 is 20.4. The normalized spacial score (nSPS) is 10.6. The lowest BCUT2D eigenvalue weighted by molar-refractivity contribution is 0.480. The van der Waals surface area contributed by atoms with Gasteiger partial charge >= 0.3 is 0 Å². The van der Waals surface area contributed by atoms with Crippen molar-refractivity contribution in [3.8, 4) is 11.5 Å². The lowest BCUT2D eigenvalue weighted by Gasteiger charge is -2.07. The van der Waals surface area contributed by atoms with Crippen LogP contribution in [-0.2, 0) is 13.0 Å². The smallest absolute Gasteiger partial charge is 0.127 e. The number of hydrogen-bond donors (Lipinski definition) is 0. The number of ether oxygens (including phenoxy) is 1. The fraction of sp³-hybridized carbons (Fsp3) is 0.167. The van der Waals surface area contributed by atoms with Crippen LogP contribution in [-0.4, -0.2) is 9.78 Å². The molecule has 0 amide bonds. The minimum atomic E-state index is -0.264. The SMILES string of the molecule is Fc1ccc(Oc2ccc(CCCn3cccn3)cc2)cc1. The Balaban J connectivity index is 1.52. The molecule has 1 aromatic heterocycles. The van der Waals surface area contributed by atoms with E-state index in [9.17, 15) is 4.39 Å². The molecular formula is C18H17FN2O. The van der Waals surface area contributed by atoms with E-state index >= 15 is 0 Å². The third-order valence-corrected chi connectivity index (χ3v) is 3.38. The zero-order valence-corrected chi connectivity index (χ0v) is 12.2. The molecule has 3 rings (SSSR count). The maximum Gasteiger partial charge on any atom is 0.127 e. The lowest BCUT2D eigenvalue weighted by atomic mass is 10.1. The molecule has 0 bridgehead atoms. The van der Waals surface area contributed by atoms with Crippen LogP contribution in [0, 0.1) is 5.82 Å². The van der Waals surface area contributed by atoms with E-state index in [1.165, 1.54) is 17.7 Å². The van der Waals surface area contributed by atoms with Crippen molar-refractivity contribution in [2.24, 2.45) is 0 Å². The summed E-state index contributed by atoms with van der Waals surface area (Å²) in [5.41, 5.74) is 1.26. The lowest BCUT2D eigenvalue weighted by Crippen LogP contribution is -1.99. The number of aryl methyl sites for hydroxylation is 2. The molecule has 22 heavy (non-hydrogen) atoms. The molecule has 112 valence electrons. The van der Waals surface area contributed by atoms with E-state index < -0.39 is 0 Å². The largest absolute Gasteiger partial charge is 0.457 e. The van der Waals surface area contributed by atoms with Crippen molar-refractivity contribution < 1.29 is 9.13 Å². The molecule has 0 radical (unpaired) electrons. The number of nitrogens with zero attached hydrogens (tertiary/aromatic N) is 2. The van der Waals surface area contributed by atoms with Gasteiger partial charge in [-0.05, 0) is 60.9 Å². The summed E-state index contributed by atoms with van der Waals surface area (Å²) in [7, 11) is 0. The third-order valence-electron chi connectivity index (χ3n) is 3.38. The fourth-order valence-corrected chi connectivity index (χ4v) is 2.24. The highest BCUT2D eigenvalue weighted by Crippen LogP contribution is 2.22. The topological polar surface area (TPSA) is 27.1 Å². The molecule has 3 nitrogen and oxygen atoms in total. The Morgan fingerprint density at radius 2 is 1.64 bits per heavy atom. The summed E-state index contributed by atoms with van der Waals surface area (Å²) >= 11 is 0. The van der Waals surface area contributed by atoms with Gasteiger partial charge in [-0.2, -0.15) is 5.10 Å². The molecule has 3 aromatic rings. The van der Waals surface area contributed by atoms with Gasteiger partial charge in [0.1, 0.15) is 17.3 Å². The molecule has 0 fully saturated rings. The molecule has 0 atom stereocenters. The van der Waals surface area contributed by atoms with Crippen LogP contribution in [0.4, 0.5) is 4.39 Å². The first-order chi connectivity index (χ1) is 10.8. The first kappa shape index (κ1) is 14.3. The molecule has 0 aliphatic rings. The van der Waals surface area contributed by atoms with Crippen molar-refractivity contribution in [1.82, 2.24) is 9.78 Å². The Hall–Kier alpha value is -2.62. The third kappa shape index (κ3) is 3.95. The highest BCUT2D eigenvalue weighted by Gasteiger charge is 1.99. The highest BCUT2D eigenvalue weighted by molar-refractivity contribution is 5.33. The number of benzene rings is 2. The van der Waals surface area contributed by atoms with Crippen molar-refractivity contribution in [2.75, 3.05) is 0 Å². The molecule has 0 saturated carbocycles. The second-order valence-electron chi connectivity index (χ2n) is 5.07. The molecule has 1 heterocycles. The first-order valence-corrected chi connectivity index (χ1v) is 7.29. The summed E-state index contributed by atoms with van der Waals surface area (Å²) in [6, 6.07) is 15.9. The van der Waals surface area contributed by atoms with Crippen molar-refractivity contribution >= 4 is 0 Å². The van der Waals surface area contributed by atoms with Crippen LogP contribution in [0.15, 0.2) is 67.0 Å². The maximum atomic E-state index is 12.8. The highest BCUT2D eigenvalue weighted by atomic mass is 19.1. The molecule has 2 aromatic carbocycles. The van der Waals surface area contributed by atoms with E-state index in [-0.39, 0.29) is 5.82 Å². The van der Waals surface area contributed by atoms with E-state index in [2.05, 4.69) is 17.2 Å². The maximum absolute atomic E-state index is 12.8. The van der Waals surface area contributed by atoms with Gasteiger partial charge in [0.2, 0.25) is 0 Å². The number of halogens is 1. The average Bonchev–Trinajstić information content (AvgIpc) is 3.05. The summed E-state index contributed by atoms with van der Waals surface area (Å²) in [6.45, 7) is 0.917. The van der Waals surface area contributed by atoms with Gasteiger partial charge in [-0.25, -0.2) is 4.39 Å². The molecule has 4 heteroatoms. The summed E-state index contributed by atoms with van der Waals surface area (Å²) in [6.07, 6.45) is 5.80. The van der Waals surface area contributed by atoms with Gasteiger partial charge in [0.25, 0.3) is 0 Å². The zero-order valence-electron chi connectivity index (χ0n) is 12.2. The van der Waals surface area contributed by atoms with E-state index in [4.69, 9.17) is 4.74 Å². The number of rotatable bonds is 6. The minimum absolute atomic E-state index is 0.264. The summed E-state index contributed by atoms with van der Waals surface area (Å²) in [4.78, 5) is 0. The average molecular weight is 296 g/mol. The second kappa shape index (κ2) is 6.89. The zero-order chi connectivity index (χ0) is 15.2. The second-order valence-corrected chi connectivity index (χ2v) is 5.07. The monoisotopic (exact) mass is 296 g/mol. The fourth-order valence-electron chi connectivity index (χ4n) is 2.24. The molecular weight excluding hydrogens is 279 g/mol. The van der Waals surface area contributed by atoms with Crippen molar-refractivity contribution in [3.05, 3.63) is 78.4 Å². The molecule has 0 spiro atoms. The Kier molecular flexibility index (Phi) is 4.49. The van der Waals surface area contributed by atoms with Crippen molar-refractivity contribution in [3.63, 3.8) is 0 Å². The van der Waals surface area contributed by atoms with Crippen LogP contribution in [0.25, 0.3) is 0 Å². The van der Waals surface area contributed by atoms with Gasteiger partial charge < -0.3 is 4.74 Å². The van der Waals surface area contributed by atoms with Crippen LogP contribution in [0.1, 0.15) is 12.0 Å². The van der Waals surface area contributed by atoms with Crippen molar-refractivity contribution in [1.29, 1.82) is 0 Å². The van der Waals surface area contributed by atoms with Gasteiger partial charge in [0.15, 0.2) is 0 Å². The summed E-state index contributed by atoms with van der Waals surface area (Å²) in [5, 5.41) is 4.18. The Labute approximate surface area is 129 Å². The predicted molar refractivity (Wildman–Crippen MR) is 83.5 cm³/mol. The van der Waals surface area contributed by atoms with Crippen LogP contribution < -0.4 is 4.74 Å². The standard InChI is InChI=1S/C18H17FN2O/c19-16-6-10-18(11-7-16)22-17-8-4-15(5-9-17)3-1-13-21-14-2-12-20-21/h2,4-12,14H,1,3,13H2. The van der Waals surface area contributed by atoms with E-state index in [1.807, 2.05) is 29.1 Å². The molecule has 0 aliphatic heterocycles. The van der Waals surface area contributed by atoms with Gasteiger partial charge in [-0.3, -0.25) is 4.68 Å². The van der Waals surface area contributed by atoms with Crippen LogP contribution in [0.5, 0.6) is 11.5 Å². The Bertz CT molecular complexity index is 691.